The number of fused-ring (bicyclic) bond motifs is 2. The minimum atomic E-state index is -0.335. The Balaban J connectivity index is 1.53. The molecule has 4 heterocycles. The third-order valence-electron chi connectivity index (χ3n) is 6.17. The van der Waals surface area contributed by atoms with E-state index >= 15 is 0 Å². The van der Waals surface area contributed by atoms with E-state index < -0.39 is 0 Å². The lowest BCUT2D eigenvalue weighted by atomic mass is 9.97. The normalized spacial score (nSPS) is 13.4. The molecule has 1 aliphatic rings. The Labute approximate surface area is 199 Å². The fraction of sp³-hybridized carbons (Fsp3) is 0.200. The van der Waals surface area contributed by atoms with Crippen LogP contribution in [0.15, 0.2) is 51.6 Å². The highest BCUT2D eigenvalue weighted by molar-refractivity contribution is 5.92. The lowest BCUT2D eigenvalue weighted by Crippen LogP contribution is -2.27. The smallest absolute Gasteiger partial charge is 0.225 e. The van der Waals surface area contributed by atoms with Gasteiger partial charge in [0.2, 0.25) is 5.62 Å². The summed E-state index contributed by atoms with van der Waals surface area (Å²) in [4.78, 5) is 13.4. The molecule has 0 spiro atoms. The Bertz CT molecular complexity index is 1650. The van der Waals surface area contributed by atoms with Crippen molar-refractivity contribution in [3.63, 3.8) is 0 Å². The SMILES string of the molecule is Cc1nc(CN2Cn3c(c(-c4cc(C)c5ncoc5c4)c(-c4ccc(F)cc4)nc3=N)N2)c(C)o1. The zero-order chi connectivity index (χ0) is 24.3. The van der Waals surface area contributed by atoms with E-state index in [9.17, 15) is 4.39 Å². The van der Waals surface area contributed by atoms with Gasteiger partial charge in [-0.1, -0.05) is 0 Å². The van der Waals surface area contributed by atoms with E-state index in [1.807, 2.05) is 37.9 Å². The molecule has 0 bridgehead atoms. The van der Waals surface area contributed by atoms with Gasteiger partial charge >= 0.3 is 0 Å². The second kappa shape index (κ2) is 7.88. The van der Waals surface area contributed by atoms with Crippen LogP contribution in [0, 0.1) is 32.0 Å². The van der Waals surface area contributed by atoms with Gasteiger partial charge in [-0.25, -0.2) is 19.3 Å². The molecule has 9 nitrogen and oxygen atoms in total. The monoisotopic (exact) mass is 471 g/mol. The van der Waals surface area contributed by atoms with Crippen molar-refractivity contribution in [1.82, 2.24) is 24.5 Å². The number of hydrogen-bond acceptors (Lipinski definition) is 8. The molecule has 176 valence electrons. The number of nitrogens with zero attached hydrogens (tertiary/aromatic N) is 5. The highest BCUT2D eigenvalue weighted by atomic mass is 19.1. The van der Waals surface area contributed by atoms with Gasteiger partial charge < -0.3 is 14.3 Å². The second-order valence-corrected chi connectivity index (χ2v) is 8.62. The van der Waals surface area contributed by atoms with Crippen LogP contribution in [-0.2, 0) is 13.2 Å². The van der Waals surface area contributed by atoms with Crippen molar-refractivity contribution < 1.29 is 13.2 Å². The summed E-state index contributed by atoms with van der Waals surface area (Å²) < 4.78 is 26.7. The first-order chi connectivity index (χ1) is 16.9. The fourth-order valence-corrected chi connectivity index (χ4v) is 4.55. The van der Waals surface area contributed by atoms with Crippen molar-refractivity contribution in [2.45, 2.75) is 34.0 Å². The summed E-state index contributed by atoms with van der Waals surface area (Å²) in [5.74, 6) is 1.74. The molecule has 0 amide bonds. The number of oxazole rings is 2. The minimum Gasteiger partial charge on any atom is -0.446 e. The topological polar surface area (TPSA) is 109 Å². The van der Waals surface area contributed by atoms with Crippen LogP contribution in [0.1, 0.15) is 22.9 Å². The van der Waals surface area contributed by atoms with E-state index in [0.717, 1.165) is 33.7 Å². The predicted molar refractivity (Wildman–Crippen MR) is 126 cm³/mol. The van der Waals surface area contributed by atoms with E-state index in [1.54, 1.807) is 16.7 Å². The molecule has 35 heavy (non-hydrogen) atoms. The lowest BCUT2D eigenvalue weighted by molar-refractivity contribution is 0.285. The van der Waals surface area contributed by atoms with Crippen molar-refractivity contribution >= 4 is 16.9 Å². The third-order valence-corrected chi connectivity index (χ3v) is 6.17. The van der Waals surface area contributed by atoms with E-state index in [4.69, 9.17) is 14.2 Å². The van der Waals surface area contributed by atoms with Crippen molar-refractivity contribution in [3.05, 3.63) is 77.1 Å². The summed E-state index contributed by atoms with van der Waals surface area (Å²) in [6.45, 7) is 6.55. The molecule has 0 saturated carbocycles. The number of anilines is 1. The van der Waals surface area contributed by atoms with Gasteiger partial charge in [0.1, 0.15) is 22.9 Å². The van der Waals surface area contributed by atoms with Crippen LogP contribution in [0.2, 0.25) is 0 Å². The van der Waals surface area contributed by atoms with Gasteiger partial charge in [-0.2, -0.15) is 5.01 Å². The van der Waals surface area contributed by atoms with Crippen molar-refractivity contribution in [2.24, 2.45) is 0 Å². The van der Waals surface area contributed by atoms with E-state index in [1.165, 1.54) is 18.5 Å². The molecule has 0 aliphatic carbocycles. The quantitative estimate of drug-likeness (QED) is 0.391. The number of hydrazine groups is 1. The first-order valence-corrected chi connectivity index (χ1v) is 11.1. The predicted octanol–water partition coefficient (Wildman–Crippen LogP) is 4.69. The molecular weight excluding hydrogens is 449 g/mol. The summed E-state index contributed by atoms with van der Waals surface area (Å²) in [5.41, 5.74) is 9.66. The number of hydrogen-bond donors (Lipinski definition) is 2. The van der Waals surface area contributed by atoms with E-state index in [0.29, 0.717) is 41.8 Å². The van der Waals surface area contributed by atoms with Gasteiger partial charge in [-0.15, -0.1) is 0 Å². The molecule has 0 atom stereocenters. The second-order valence-electron chi connectivity index (χ2n) is 8.62. The van der Waals surface area contributed by atoms with Crippen molar-refractivity contribution in [2.75, 3.05) is 5.43 Å². The maximum atomic E-state index is 13.7. The lowest BCUT2D eigenvalue weighted by Gasteiger charge is -2.16. The van der Waals surface area contributed by atoms with Crippen LogP contribution in [0.25, 0.3) is 33.5 Å². The molecule has 5 aromatic rings. The Morgan fingerprint density at radius 2 is 1.89 bits per heavy atom. The number of benzene rings is 2. The molecule has 0 radical (unpaired) electrons. The van der Waals surface area contributed by atoms with Gasteiger partial charge in [0.15, 0.2) is 17.9 Å². The molecule has 3 aromatic heterocycles. The van der Waals surface area contributed by atoms with Gasteiger partial charge in [-0.05, 0) is 61.4 Å². The number of nitrogens with one attached hydrogen (secondary N) is 2. The largest absolute Gasteiger partial charge is 0.446 e. The maximum Gasteiger partial charge on any atom is 0.225 e. The Kier molecular flexibility index (Phi) is 4.78. The number of rotatable bonds is 4. The Hall–Kier alpha value is -4.31. The van der Waals surface area contributed by atoms with E-state index in [-0.39, 0.29) is 11.4 Å². The molecule has 0 fully saturated rings. The molecular formula is C25H22FN7O2. The van der Waals surface area contributed by atoms with Crippen LogP contribution < -0.4 is 11.0 Å². The average molecular weight is 471 g/mol. The maximum absolute atomic E-state index is 13.7. The molecule has 0 unspecified atom stereocenters. The van der Waals surface area contributed by atoms with Gasteiger partial charge in [0.05, 0.1) is 30.2 Å². The number of aryl methyl sites for hydroxylation is 3. The molecule has 6 rings (SSSR count). The standard InChI is InChI=1S/C25H22FN7O2/c1-13-8-17(9-20-22(13)28-11-34-20)21-23(16-4-6-18(26)7-5-16)30-25(27)33-12-32(31-24(21)33)10-19-14(2)35-15(3)29-19/h4-9,11,27,31H,10,12H2,1-3H3. The average Bonchev–Trinajstić information content (AvgIpc) is 3.53. The first kappa shape index (κ1) is 21.2. The summed E-state index contributed by atoms with van der Waals surface area (Å²) in [7, 11) is 0. The van der Waals surface area contributed by atoms with Gasteiger partial charge in [0.25, 0.3) is 0 Å². The molecule has 2 N–H and O–H groups in total. The summed E-state index contributed by atoms with van der Waals surface area (Å²) in [5, 5.41) is 10.6. The summed E-state index contributed by atoms with van der Waals surface area (Å²) in [6.07, 6.45) is 1.43. The Morgan fingerprint density at radius 1 is 1.09 bits per heavy atom. The van der Waals surface area contributed by atoms with Crippen LogP contribution in [-0.4, -0.2) is 24.5 Å². The highest BCUT2D eigenvalue weighted by Crippen LogP contribution is 2.39. The van der Waals surface area contributed by atoms with E-state index in [2.05, 4.69) is 20.4 Å². The molecule has 2 aromatic carbocycles. The molecule has 1 aliphatic heterocycles. The van der Waals surface area contributed by atoms with Crippen molar-refractivity contribution in [1.29, 1.82) is 5.41 Å². The number of halogens is 1. The first-order valence-electron chi connectivity index (χ1n) is 11.1. The Morgan fingerprint density at radius 3 is 2.63 bits per heavy atom. The molecule has 10 heteroatoms. The van der Waals surface area contributed by atoms with Crippen molar-refractivity contribution in [3.8, 4) is 22.4 Å². The van der Waals surface area contributed by atoms with Crippen LogP contribution in [0.4, 0.5) is 10.2 Å². The zero-order valence-corrected chi connectivity index (χ0v) is 19.4. The van der Waals surface area contributed by atoms with Gasteiger partial charge in [-0.3, -0.25) is 9.98 Å². The zero-order valence-electron chi connectivity index (χ0n) is 19.4. The molecule has 0 saturated heterocycles. The minimum absolute atomic E-state index is 0.0867. The van der Waals surface area contributed by atoms with Crippen LogP contribution in [0.5, 0.6) is 0 Å². The summed E-state index contributed by atoms with van der Waals surface area (Å²) >= 11 is 0. The summed E-state index contributed by atoms with van der Waals surface area (Å²) in [6, 6.07) is 10.1. The van der Waals surface area contributed by atoms with Crippen LogP contribution in [0.3, 0.4) is 0 Å². The highest BCUT2D eigenvalue weighted by Gasteiger charge is 2.28. The third kappa shape index (κ3) is 3.58. The van der Waals surface area contributed by atoms with Gasteiger partial charge in [0, 0.05) is 12.5 Å². The van der Waals surface area contributed by atoms with Crippen LogP contribution >= 0.6 is 0 Å². The number of aromatic nitrogens is 4. The fourth-order valence-electron chi connectivity index (χ4n) is 4.55.